The molecule has 0 bridgehead atoms. The Morgan fingerprint density at radius 3 is 2.58 bits per heavy atom. The Morgan fingerprint density at radius 2 is 1.88 bits per heavy atom. The fourth-order valence-corrected chi connectivity index (χ4v) is 4.68. The van der Waals surface area contributed by atoms with Gasteiger partial charge in [0.2, 0.25) is 0 Å². The number of sulfone groups is 1. The van der Waals surface area contributed by atoms with Crippen LogP contribution >= 0.6 is 11.3 Å². The smallest absolute Gasteiger partial charge is 0.307 e. The number of benzene rings is 1. The van der Waals surface area contributed by atoms with Crippen LogP contribution in [0.3, 0.4) is 0 Å². The van der Waals surface area contributed by atoms with Crippen molar-refractivity contribution in [3.05, 3.63) is 44.5 Å². The van der Waals surface area contributed by atoms with Crippen molar-refractivity contribution in [2.24, 2.45) is 0 Å². The lowest BCUT2D eigenvalue weighted by atomic mass is 10.0. The molecule has 1 aromatic carbocycles. The van der Waals surface area contributed by atoms with Gasteiger partial charge in [-0.15, -0.1) is 0 Å². The van der Waals surface area contributed by atoms with Gasteiger partial charge in [-0.05, 0) is 56.4 Å². The van der Waals surface area contributed by atoms with E-state index in [4.69, 9.17) is 4.74 Å². The van der Waals surface area contributed by atoms with E-state index in [9.17, 15) is 13.2 Å². The molecule has 1 aliphatic carbocycles. The van der Waals surface area contributed by atoms with Crippen molar-refractivity contribution in [2.75, 3.05) is 12.9 Å². The van der Waals surface area contributed by atoms with E-state index in [2.05, 4.69) is 0 Å². The molecule has 1 aromatic heterocycles. The number of hydrogen-bond donors (Lipinski definition) is 0. The molecular formula is C17H21NO4S2. The van der Waals surface area contributed by atoms with Crippen molar-refractivity contribution in [3.63, 3.8) is 0 Å². The highest BCUT2D eigenvalue weighted by Crippen LogP contribution is 2.23. The van der Waals surface area contributed by atoms with Gasteiger partial charge in [-0.1, -0.05) is 11.3 Å². The molecule has 0 fully saturated rings. The Bertz CT molecular complexity index is 863. The monoisotopic (exact) mass is 367 g/mol. The summed E-state index contributed by atoms with van der Waals surface area (Å²) in [7, 11) is -3.18. The lowest BCUT2D eigenvalue weighted by molar-refractivity contribution is 0.300. The van der Waals surface area contributed by atoms with Crippen LogP contribution in [-0.2, 0) is 29.2 Å². The fourth-order valence-electron chi connectivity index (χ4n) is 2.95. The molecule has 0 saturated heterocycles. The molecule has 5 nitrogen and oxygen atoms in total. The number of aromatic nitrogens is 1. The third kappa shape index (κ3) is 3.89. The third-order valence-electron chi connectivity index (χ3n) is 4.19. The zero-order chi connectivity index (χ0) is 17.2. The van der Waals surface area contributed by atoms with Crippen LogP contribution in [0.5, 0.6) is 5.75 Å². The zero-order valence-corrected chi connectivity index (χ0v) is 15.3. The maximum atomic E-state index is 12.1. The van der Waals surface area contributed by atoms with Gasteiger partial charge in [0.15, 0.2) is 9.84 Å². The summed E-state index contributed by atoms with van der Waals surface area (Å²) < 4.78 is 30.4. The second-order valence-corrected chi connectivity index (χ2v) is 9.10. The van der Waals surface area contributed by atoms with Gasteiger partial charge in [0.25, 0.3) is 0 Å². The first-order valence-corrected chi connectivity index (χ1v) is 10.8. The molecule has 0 unspecified atom stereocenters. The number of fused-ring (bicyclic) bond motifs is 1. The molecule has 0 aliphatic heterocycles. The standard InChI is InChI=1S/C17H21NO4S2/c1-24(20,21)14-9-7-13(8-10-14)22-12-4-11-18-15-5-2-3-6-16(15)23-17(18)19/h7-10H,2-6,11-12H2,1H3. The van der Waals surface area contributed by atoms with E-state index in [1.165, 1.54) is 34.6 Å². The molecule has 1 heterocycles. The Balaban J connectivity index is 1.54. The molecule has 0 amide bonds. The van der Waals surface area contributed by atoms with Crippen LogP contribution < -0.4 is 9.61 Å². The van der Waals surface area contributed by atoms with E-state index in [1.54, 1.807) is 24.3 Å². The molecule has 3 rings (SSSR count). The van der Waals surface area contributed by atoms with E-state index in [0.717, 1.165) is 25.7 Å². The minimum absolute atomic E-state index is 0.138. The molecule has 0 saturated carbocycles. The molecule has 7 heteroatoms. The molecule has 0 N–H and O–H groups in total. The van der Waals surface area contributed by atoms with E-state index in [-0.39, 0.29) is 9.77 Å². The van der Waals surface area contributed by atoms with Crippen LogP contribution in [-0.4, -0.2) is 25.8 Å². The molecule has 2 aromatic rings. The van der Waals surface area contributed by atoms with E-state index < -0.39 is 9.84 Å². The highest BCUT2D eigenvalue weighted by atomic mass is 32.2. The quantitative estimate of drug-likeness (QED) is 0.736. The van der Waals surface area contributed by atoms with Gasteiger partial charge in [0, 0.05) is 23.4 Å². The van der Waals surface area contributed by atoms with Gasteiger partial charge in [-0.2, -0.15) is 0 Å². The van der Waals surface area contributed by atoms with Crippen LogP contribution in [0.25, 0.3) is 0 Å². The normalized spacial score (nSPS) is 14.4. The van der Waals surface area contributed by atoms with Crippen molar-refractivity contribution in [1.29, 1.82) is 0 Å². The number of thiazole rings is 1. The van der Waals surface area contributed by atoms with E-state index in [0.29, 0.717) is 18.9 Å². The van der Waals surface area contributed by atoms with Crippen molar-refractivity contribution in [1.82, 2.24) is 4.57 Å². The molecule has 0 spiro atoms. The number of ether oxygens (including phenoxy) is 1. The number of nitrogens with zero attached hydrogens (tertiary/aromatic N) is 1. The Morgan fingerprint density at radius 1 is 1.17 bits per heavy atom. The van der Waals surface area contributed by atoms with Crippen LogP contribution in [0.4, 0.5) is 0 Å². The molecule has 0 radical (unpaired) electrons. The topological polar surface area (TPSA) is 65.4 Å². The largest absolute Gasteiger partial charge is 0.494 e. The van der Waals surface area contributed by atoms with Crippen molar-refractivity contribution < 1.29 is 13.2 Å². The van der Waals surface area contributed by atoms with Gasteiger partial charge in [-0.25, -0.2) is 8.42 Å². The van der Waals surface area contributed by atoms with Crippen molar-refractivity contribution in [3.8, 4) is 5.75 Å². The highest BCUT2D eigenvalue weighted by molar-refractivity contribution is 7.90. The van der Waals surface area contributed by atoms with Crippen LogP contribution in [0.15, 0.2) is 34.0 Å². The summed E-state index contributed by atoms with van der Waals surface area (Å²) >= 11 is 1.38. The van der Waals surface area contributed by atoms with Crippen LogP contribution in [0, 0.1) is 0 Å². The minimum atomic E-state index is -3.18. The summed E-state index contributed by atoms with van der Waals surface area (Å²) in [6, 6.07) is 6.42. The third-order valence-corrected chi connectivity index (χ3v) is 6.40. The van der Waals surface area contributed by atoms with E-state index >= 15 is 0 Å². The molecule has 0 atom stereocenters. The second-order valence-electron chi connectivity index (χ2n) is 6.04. The van der Waals surface area contributed by atoms with Gasteiger partial charge in [0.1, 0.15) is 5.75 Å². The van der Waals surface area contributed by atoms with Gasteiger partial charge >= 0.3 is 4.87 Å². The van der Waals surface area contributed by atoms with Crippen molar-refractivity contribution in [2.45, 2.75) is 43.5 Å². The molecule has 130 valence electrons. The van der Waals surface area contributed by atoms with E-state index in [1.807, 2.05) is 4.57 Å². The number of aryl methyl sites for hydroxylation is 1. The zero-order valence-electron chi connectivity index (χ0n) is 13.7. The summed E-state index contributed by atoms with van der Waals surface area (Å²) in [5, 5.41) is 0. The van der Waals surface area contributed by atoms with Crippen molar-refractivity contribution >= 4 is 21.2 Å². The van der Waals surface area contributed by atoms with Gasteiger partial charge in [-0.3, -0.25) is 4.79 Å². The lowest BCUT2D eigenvalue weighted by Crippen LogP contribution is -2.18. The molecule has 24 heavy (non-hydrogen) atoms. The Kier molecular flexibility index (Phi) is 5.10. The molecular weight excluding hydrogens is 346 g/mol. The predicted molar refractivity (Wildman–Crippen MR) is 94.9 cm³/mol. The van der Waals surface area contributed by atoms with Crippen LogP contribution in [0.2, 0.25) is 0 Å². The van der Waals surface area contributed by atoms with Gasteiger partial charge in [0.05, 0.1) is 11.5 Å². The summed E-state index contributed by atoms with van der Waals surface area (Å²) in [4.78, 5) is 13.8. The summed E-state index contributed by atoms with van der Waals surface area (Å²) in [6.45, 7) is 1.17. The number of rotatable bonds is 6. The SMILES string of the molecule is CS(=O)(=O)c1ccc(OCCCn2c3c(sc2=O)CCCC3)cc1. The predicted octanol–water partition coefficient (Wildman–Crippen LogP) is 2.66. The highest BCUT2D eigenvalue weighted by Gasteiger charge is 2.17. The summed E-state index contributed by atoms with van der Waals surface area (Å²) in [5.74, 6) is 0.641. The second kappa shape index (κ2) is 7.11. The van der Waals surface area contributed by atoms with Crippen LogP contribution in [0.1, 0.15) is 29.8 Å². The number of hydrogen-bond acceptors (Lipinski definition) is 5. The first-order valence-electron chi connectivity index (χ1n) is 8.09. The minimum Gasteiger partial charge on any atom is -0.494 e. The summed E-state index contributed by atoms with van der Waals surface area (Å²) in [5.41, 5.74) is 1.22. The summed E-state index contributed by atoms with van der Waals surface area (Å²) in [6.07, 6.45) is 6.30. The maximum Gasteiger partial charge on any atom is 0.307 e. The molecule has 1 aliphatic rings. The first kappa shape index (κ1) is 17.2. The average molecular weight is 367 g/mol. The average Bonchev–Trinajstić information content (AvgIpc) is 2.87. The Labute approximate surface area is 145 Å². The lowest BCUT2D eigenvalue weighted by Gasteiger charge is -2.14. The maximum absolute atomic E-state index is 12.1. The fraction of sp³-hybridized carbons (Fsp3) is 0.471. The first-order chi connectivity index (χ1) is 11.4. The van der Waals surface area contributed by atoms with Gasteiger partial charge < -0.3 is 9.30 Å². The Hall–Kier alpha value is -1.60.